The SMILES string of the molecule is CCCCC(=O)Nc1cccc(SC(C)C(=O)Nc2ccc(C(C)C)cc2)c1. The molecule has 2 rings (SSSR count). The van der Waals surface area contributed by atoms with Gasteiger partial charge in [-0.15, -0.1) is 11.8 Å². The van der Waals surface area contributed by atoms with Crippen LogP contribution in [0.1, 0.15) is 58.4 Å². The molecule has 150 valence electrons. The van der Waals surface area contributed by atoms with E-state index >= 15 is 0 Å². The van der Waals surface area contributed by atoms with Crippen molar-refractivity contribution >= 4 is 35.0 Å². The maximum absolute atomic E-state index is 12.5. The average molecular weight is 399 g/mol. The van der Waals surface area contributed by atoms with Crippen LogP contribution in [0.15, 0.2) is 53.4 Å². The lowest BCUT2D eigenvalue weighted by Crippen LogP contribution is -2.22. The number of benzene rings is 2. The van der Waals surface area contributed by atoms with Crippen molar-refractivity contribution in [1.29, 1.82) is 0 Å². The Bertz CT molecular complexity index is 787. The summed E-state index contributed by atoms with van der Waals surface area (Å²) in [5, 5.41) is 5.64. The van der Waals surface area contributed by atoms with Crippen LogP contribution in [0.5, 0.6) is 0 Å². The Morgan fingerprint density at radius 3 is 2.32 bits per heavy atom. The van der Waals surface area contributed by atoms with Crippen molar-refractivity contribution < 1.29 is 9.59 Å². The summed E-state index contributed by atoms with van der Waals surface area (Å²) in [4.78, 5) is 25.4. The van der Waals surface area contributed by atoms with Gasteiger partial charge in [0.15, 0.2) is 0 Å². The van der Waals surface area contributed by atoms with Gasteiger partial charge in [-0.3, -0.25) is 9.59 Å². The number of nitrogens with one attached hydrogen (secondary N) is 2. The number of hydrogen-bond acceptors (Lipinski definition) is 3. The summed E-state index contributed by atoms with van der Waals surface area (Å²) in [6.45, 7) is 8.24. The lowest BCUT2D eigenvalue weighted by Gasteiger charge is -2.14. The number of carbonyl (C=O) groups is 2. The lowest BCUT2D eigenvalue weighted by molar-refractivity contribution is -0.116. The number of anilines is 2. The van der Waals surface area contributed by atoms with Crippen LogP contribution < -0.4 is 10.6 Å². The number of rotatable bonds is 9. The first-order valence-electron chi connectivity index (χ1n) is 9.86. The van der Waals surface area contributed by atoms with Crippen molar-refractivity contribution in [3.8, 4) is 0 Å². The van der Waals surface area contributed by atoms with Gasteiger partial charge in [-0.25, -0.2) is 0 Å². The van der Waals surface area contributed by atoms with Crippen molar-refractivity contribution in [2.24, 2.45) is 0 Å². The Hall–Kier alpha value is -2.27. The molecule has 5 heteroatoms. The minimum absolute atomic E-state index is 0.0274. The van der Waals surface area contributed by atoms with Gasteiger partial charge in [-0.2, -0.15) is 0 Å². The number of unbranched alkanes of at least 4 members (excludes halogenated alkanes) is 1. The molecule has 0 aliphatic carbocycles. The summed E-state index contributed by atoms with van der Waals surface area (Å²) in [5.41, 5.74) is 2.82. The Kier molecular flexibility index (Phi) is 8.58. The van der Waals surface area contributed by atoms with Gasteiger partial charge in [-0.1, -0.05) is 45.4 Å². The monoisotopic (exact) mass is 398 g/mol. The fourth-order valence-electron chi connectivity index (χ4n) is 2.66. The number of hydrogen-bond donors (Lipinski definition) is 2. The molecule has 0 aliphatic heterocycles. The van der Waals surface area contributed by atoms with Crippen molar-refractivity contribution in [2.45, 2.75) is 63.0 Å². The molecule has 0 fully saturated rings. The average Bonchev–Trinajstić information content (AvgIpc) is 2.67. The molecule has 2 N–H and O–H groups in total. The van der Waals surface area contributed by atoms with Crippen LogP contribution in [0.2, 0.25) is 0 Å². The Labute approximate surface area is 172 Å². The van der Waals surface area contributed by atoms with Gasteiger partial charge >= 0.3 is 0 Å². The van der Waals surface area contributed by atoms with Crippen molar-refractivity contribution in [3.05, 3.63) is 54.1 Å². The van der Waals surface area contributed by atoms with Gasteiger partial charge in [0.1, 0.15) is 0 Å². The summed E-state index contributed by atoms with van der Waals surface area (Å²) in [7, 11) is 0. The molecule has 0 spiro atoms. The van der Waals surface area contributed by atoms with Crippen LogP contribution in [0.25, 0.3) is 0 Å². The minimum Gasteiger partial charge on any atom is -0.326 e. The molecule has 2 amide bonds. The number of thioether (sulfide) groups is 1. The summed E-state index contributed by atoms with van der Waals surface area (Å²) in [5.74, 6) is 0.452. The molecule has 0 radical (unpaired) electrons. The van der Waals surface area contributed by atoms with Crippen LogP contribution in [0, 0.1) is 0 Å². The Balaban J connectivity index is 1.92. The second kappa shape index (κ2) is 10.9. The summed E-state index contributed by atoms with van der Waals surface area (Å²) in [6.07, 6.45) is 2.41. The maximum atomic E-state index is 12.5. The third-order valence-corrected chi connectivity index (χ3v) is 5.50. The smallest absolute Gasteiger partial charge is 0.237 e. The van der Waals surface area contributed by atoms with Crippen molar-refractivity contribution in [1.82, 2.24) is 0 Å². The normalized spacial score (nSPS) is 11.9. The van der Waals surface area contributed by atoms with Gasteiger partial charge in [0, 0.05) is 22.7 Å². The molecule has 1 unspecified atom stereocenters. The molecule has 0 aromatic heterocycles. The van der Waals surface area contributed by atoms with Gasteiger partial charge < -0.3 is 10.6 Å². The van der Waals surface area contributed by atoms with E-state index in [0.29, 0.717) is 12.3 Å². The van der Waals surface area contributed by atoms with Crippen LogP contribution in [0.3, 0.4) is 0 Å². The van der Waals surface area contributed by atoms with Gasteiger partial charge in [0.05, 0.1) is 5.25 Å². The molecule has 0 saturated carbocycles. The van der Waals surface area contributed by atoms with E-state index in [4.69, 9.17) is 0 Å². The molecule has 2 aromatic carbocycles. The molecule has 0 bridgehead atoms. The van der Waals surface area contributed by atoms with Crippen molar-refractivity contribution in [3.63, 3.8) is 0 Å². The Morgan fingerprint density at radius 1 is 0.964 bits per heavy atom. The predicted molar refractivity (Wildman–Crippen MR) is 119 cm³/mol. The second-order valence-electron chi connectivity index (χ2n) is 7.21. The van der Waals surface area contributed by atoms with E-state index in [1.807, 2.05) is 55.5 Å². The summed E-state index contributed by atoms with van der Waals surface area (Å²) >= 11 is 1.47. The highest BCUT2D eigenvalue weighted by atomic mass is 32.2. The standard InChI is InChI=1S/C23H30N2O2S/c1-5-6-10-22(26)24-20-8-7-9-21(15-20)28-17(4)23(27)25-19-13-11-18(12-14-19)16(2)3/h7-9,11-17H,5-6,10H2,1-4H3,(H,24,26)(H,25,27). The van der Waals surface area contributed by atoms with Crippen molar-refractivity contribution in [2.75, 3.05) is 10.6 Å². The molecule has 2 aromatic rings. The highest BCUT2D eigenvalue weighted by Crippen LogP contribution is 2.27. The van der Waals surface area contributed by atoms with E-state index in [0.717, 1.165) is 29.1 Å². The molecule has 28 heavy (non-hydrogen) atoms. The van der Waals surface area contributed by atoms with E-state index in [9.17, 15) is 9.59 Å². The van der Waals surface area contributed by atoms with E-state index < -0.39 is 0 Å². The summed E-state index contributed by atoms with van der Waals surface area (Å²) < 4.78 is 0. The fraction of sp³-hybridized carbons (Fsp3) is 0.391. The maximum Gasteiger partial charge on any atom is 0.237 e. The zero-order valence-electron chi connectivity index (χ0n) is 17.1. The number of amides is 2. The van der Waals surface area contributed by atoms with E-state index in [1.54, 1.807) is 0 Å². The highest BCUT2D eigenvalue weighted by molar-refractivity contribution is 8.00. The third-order valence-electron chi connectivity index (χ3n) is 4.40. The van der Waals surface area contributed by atoms with E-state index in [2.05, 4.69) is 31.4 Å². The van der Waals surface area contributed by atoms with Crippen LogP contribution in [0.4, 0.5) is 11.4 Å². The zero-order valence-corrected chi connectivity index (χ0v) is 17.9. The summed E-state index contributed by atoms with van der Waals surface area (Å²) in [6, 6.07) is 15.6. The molecular formula is C23H30N2O2S. The zero-order chi connectivity index (χ0) is 20.5. The van der Waals surface area contributed by atoms with Crippen LogP contribution in [-0.2, 0) is 9.59 Å². The fourth-order valence-corrected chi connectivity index (χ4v) is 3.59. The molecule has 1 atom stereocenters. The quantitative estimate of drug-likeness (QED) is 0.505. The van der Waals surface area contributed by atoms with Crippen LogP contribution in [-0.4, -0.2) is 17.1 Å². The third kappa shape index (κ3) is 7.04. The number of carbonyl (C=O) groups excluding carboxylic acids is 2. The first kappa shape index (κ1) is 22.0. The molecule has 0 saturated heterocycles. The molecule has 4 nitrogen and oxygen atoms in total. The van der Waals surface area contributed by atoms with Gasteiger partial charge in [-0.05, 0) is 55.2 Å². The Morgan fingerprint density at radius 2 is 1.68 bits per heavy atom. The molecule has 0 heterocycles. The predicted octanol–water partition coefficient (Wildman–Crippen LogP) is 6.06. The second-order valence-corrected chi connectivity index (χ2v) is 8.62. The van der Waals surface area contributed by atoms with E-state index in [-0.39, 0.29) is 17.1 Å². The van der Waals surface area contributed by atoms with E-state index in [1.165, 1.54) is 17.3 Å². The van der Waals surface area contributed by atoms with Gasteiger partial charge in [0.25, 0.3) is 0 Å². The highest BCUT2D eigenvalue weighted by Gasteiger charge is 2.15. The molecule has 0 aliphatic rings. The lowest BCUT2D eigenvalue weighted by atomic mass is 10.0. The first-order valence-corrected chi connectivity index (χ1v) is 10.7. The van der Waals surface area contributed by atoms with Crippen LogP contribution >= 0.6 is 11.8 Å². The topological polar surface area (TPSA) is 58.2 Å². The van der Waals surface area contributed by atoms with Gasteiger partial charge in [0.2, 0.25) is 11.8 Å². The first-order chi connectivity index (χ1) is 13.4. The molecular weight excluding hydrogens is 368 g/mol. The minimum atomic E-state index is -0.254. The largest absolute Gasteiger partial charge is 0.326 e.